The highest BCUT2D eigenvalue weighted by molar-refractivity contribution is 5.92. The average Bonchev–Trinajstić information content (AvgIpc) is 3.03. The number of ether oxygens (including phenoxy) is 1. The molecule has 0 amide bonds. The van der Waals surface area contributed by atoms with Gasteiger partial charge in [0.1, 0.15) is 5.69 Å². The van der Waals surface area contributed by atoms with Gasteiger partial charge in [-0.15, -0.1) is 0 Å². The smallest absolute Gasteiger partial charge is 0.354 e. The van der Waals surface area contributed by atoms with Crippen molar-refractivity contribution in [1.82, 2.24) is 14.8 Å². The normalized spacial score (nSPS) is 11.3. The van der Waals surface area contributed by atoms with Crippen molar-refractivity contribution < 1.29 is 9.53 Å². The van der Waals surface area contributed by atoms with Crippen LogP contribution in [0.4, 0.5) is 0 Å². The van der Waals surface area contributed by atoms with E-state index in [9.17, 15) is 4.79 Å². The van der Waals surface area contributed by atoms with Crippen molar-refractivity contribution in [3.05, 3.63) is 29.7 Å². The number of hydrogen-bond donors (Lipinski definition) is 1. The summed E-state index contributed by atoms with van der Waals surface area (Å²) in [6, 6.07) is 2.28. The van der Waals surface area contributed by atoms with Crippen LogP contribution >= 0.6 is 0 Å². The van der Waals surface area contributed by atoms with Crippen LogP contribution in [-0.2, 0) is 4.74 Å². The largest absolute Gasteiger partial charge is 0.464 e. The second kappa shape index (κ2) is 5.53. The number of esters is 1. The first-order valence-corrected chi connectivity index (χ1v) is 6.80. The van der Waals surface area contributed by atoms with Crippen molar-refractivity contribution >= 4 is 5.97 Å². The summed E-state index contributed by atoms with van der Waals surface area (Å²) in [7, 11) is 1.39. The van der Waals surface area contributed by atoms with Crippen molar-refractivity contribution in [1.29, 1.82) is 0 Å². The minimum absolute atomic E-state index is 0.203. The number of carbonyl (C=O) groups is 1. The first-order valence-electron chi connectivity index (χ1n) is 6.80. The van der Waals surface area contributed by atoms with Gasteiger partial charge >= 0.3 is 5.97 Å². The van der Waals surface area contributed by atoms with Crippen LogP contribution in [-0.4, -0.2) is 27.8 Å². The maximum absolute atomic E-state index is 11.8. The molecular weight excluding hydrogens is 254 g/mol. The minimum Gasteiger partial charge on any atom is -0.464 e. The maximum atomic E-state index is 11.8. The maximum Gasteiger partial charge on any atom is 0.354 e. The molecule has 2 rings (SSSR count). The SMILES string of the molecule is COC(=O)c1[nH]cc(-c2ccn(C(C)C)n2)c1C(C)C. The van der Waals surface area contributed by atoms with Gasteiger partial charge in [-0.3, -0.25) is 4.68 Å². The van der Waals surface area contributed by atoms with Gasteiger partial charge in [-0.2, -0.15) is 5.10 Å². The Labute approximate surface area is 118 Å². The fraction of sp³-hybridized carbons (Fsp3) is 0.467. The topological polar surface area (TPSA) is 59.9 Å². The van der Waals surface area contributed by atoms with Gasteiger partial charge in [-0.05, 0) is 31.4 Å². The van der Waals surface area contributed by atoms with Gasteiger partial charge in [0.2, 0.25) is 0 Å². The van der Waals surface area contributed by atoms with Crippen molar-refractivity contribution in [2.45, 2.75) is 39.7 Å². The van der Waals surface area contributed by atoms with Crippen LogP contribution in [0.15, 0.2) is 18.5 Å². The lowest BCUT2D eigenvalue weighted by atomic mass is 9.97. The molecule has 0 aromatic carbocycles. The predicted molar refractivity (Wildman–Crippen MR) is 77.8 cm³/mol. The summed E-state index contributed by atoms with van der Waals surface area (Å²) in [5.74, 6) is -0.141. The number of carbonyl (C=O) groups excluding carboxylic acids is 1. The molecular formula is C15H21N3O2. The molecule has 2 aromatic heterocycles. The Morgan fingerprint density at radius 3 is 2.55 bits per heavy atom. The first-order chi connectivity index (χ1) is 9.45. The lowest BCUT2D eigenvalue weighted by molar-refractivity contribution is 0.0593. The zero-order valence-electron chi connectivity index (χ0n) is 12.6. The number of hydrogen-bond acceptors (Lipinski definition) is 3. The average molecular weight is 275 g/mol. The second-order valence-corrected chi connectivity index (χ2v) is 5.41. The Morgan fingerprint density at radius 1 is 1.35 bits per heavy atom. The molecule has 0 aliphatic heterocycles. The van der Waals surface area contributed by atoms with E-state index in [1.807, 2.05) is 23.1 Å². The van der Waals surface area contributed by atoms with Gasteiger partial charge in [0, 0.05) is 24.0 Å². The van der Waals surface area contributed by atoms with E-state index < -0.39 is 0 Å². The van der Waals surface area contributed by atoms with E-state index in [0.29, 0.717) is 11.7 Å². The third kappa shape index (κ3) is 2.48. The van der Waals surface area contributed by atoms with Gasteiger partial charge < -0.3 is 9.72 Å². The fourth-order valence-corrected chi connectivity index (χ4v) is 2.29. The standard InChI is InChI=1S/C15H21N3O2/c1-9(2)13-11(8-16-14(13)15(19)20-5)12-6-7-18(17-12)10(3)4/h6-10,16H,1-5H3. The number of aromatic amines is 1. The van der Waals surface area contributed by atoms with Crippen LogP contribution in [0.25, 0.3) is 11.3 Å². The number of methoxy groups -OCH3 is 1. The van der Waals surface area contributed by atoms with E-state index >= 15 is 0 Å². The molecule has 0 saturated carbocycles. The summed E-state index contributed by atoms with van der Waals surface area (Å²) in [5, 5.41) is 4.57. The Kier molecular flexibility index (Phi) is 3.97. The fourth-order valence-electron chi connectivity index (χ4n) is 2.29. The molecule has 2 heterocycles. The minimum atomic E-state index is -0.344. The summed E-state index contributed by atoms with van der Waals surface area (Å²) in [5.41, 5.74) is 3.29. The molecule has 5 nitrogen and oxygen atoms in total. The zero-order chi connectivity index (χ0) is 14.9. The van der Waals surface area contributed by atoms with E-state index in [-0.39, 0.29) is 11.9 Å². The Hall–Kier alpha value is -2.04. The number of H-pyrrole nitrogens is 1. The molecule has 5 heteroatoms. The van der Waals surface area contributed by atoms with Crippen molar-refractivity contribution in [3.8, 4) is 11.3 Å². The molecule has 0 unspecified atom stereocenters. The van der Waals surface area contributed by atoms with Gasteiger partial charge in [0.25, 0.3) is 0 Å². The monoisotopic (exact) mass is 275 g/mol. The molecule has 0 atom stereocenters. The van der Waals surface area contributed by atoms with Crippen LogP contribution in [0.3, 0.4) is 0 Å². The van der Waals surface area contributed by atoms with Crippen LogP contribution in [0.2, 0.25) is 0 Å². The molecule has 1 N–H and O–H groups in total. The number of rotatable bonds is 4. The zero-order valence-corrected chi connectivity index (χ0v) is 12.6. The molecule has 108 valence electrons. The van der Waals surface area contributed by atoms with Gasteiger partial charge in [-0.1, -0.05) is 13.8 Å². The molecule has 0 radical (unpaired) electrons. The molecule has 0 fully saturated rings. The Bertz CT molecular complexity index is 608. The highest BCUT2D eigenvalue weighted by Gasteiger charge is 2.22. The molecule has 0 spiro atoms. The summed E-state index contributed by atoms with van der Waals surface area (Å²) in [6.07, 6.45) is 3.78. The van der Waals surface area contributed by atoms with E-state index in [0.717, 1.165) is 16.8 Å². The van der Waals surface area contributed by atoms with E-state index in [2.05, 4.69) is 37.8 Å². The summed E-state index contributed by atoms with van der Waals surface area (Å²) >= 11 is 0. The lowest BCUT2D eigenvalue weighted by Crippen LogP contribution is -2.06. The third-order valence-electron chi connectivity index (χ3n) is 3.30. The quantitative estimate of drug-likeness (QED) is 0.870. The van der Waals surface area contributed by atoms with E-state index in [4.69, 9.17) is 4.74 Å². The molecule has 0 bridgehead atoms. The van der Waals surface area contributed by atoms with E-state index in [1.165, 1.54) is 7.11 Å². The van der Waals surface area contributed by atoms with Crippen molar-refractivity contribution in [2.75, 3.05) is 7.11 Å². The lowest BCUT2D eigenvalue weighted by Gasteiger charge is -2.09. The highest BCUT2D eigenvalue weighted by atomic mass is 16.5. The van der Waals surface area contributed by atoms with Crippen LogP contribution in [0, 0.1) is 0 Å². The van der Waals surface area contributed by atoms with Gasteiger partial charge in [-0.25, -0.2) is 4.79 Å². The Balaban J connectivity index is 2.50. The Morgan fingerprint density at radius 2 is 2.05 bits per heavy atom. The highest BCUT2D eigenvalue weighted by Crippen LogP contribution is 2.31. The summed E-state index contributed by atoms with van der Waals surface area (Å²) in [4.78, 5) is 14.8. The van der Waals surface area contributed by atoms with Gasteiger partial charge in [0.15, 0.2) is 0 Å². The third-order valence-corrected chi connectivity index (χ3v) is 3.30. The second-order valence-electron chi connectivity index (χ2n) is 5.41. The van der Waals surface area contributed by atoms with E-state index in [1.54, 1.807) is 0 Å². The molecule has 0 saturated heterocycles. The predicted octanol–water partition coefficient (Wildman–Crippen LogP) is 3.37. The molecule has 0 aliphatic carbocycles. The summed E-state index contributed by atoms with van der Waals surface area (Å²) in [6.45, 7) is 8.27. The first kappa shape index (κ1) is 14.4. The molecule has 2 aromatic rings. The number of nitrogens with zero attached hydrogens (tertiary/aromatic N) is 2. The van der Waals surface area contributed by atoms with Crippen LogP contribution < -0.4 is 0 Å². The molecule has 0 aliphatic rings. The van der Waals surface area contributed by atoms with Gasteiger partial charge in [0.05, 0.1) is 12.8 Å². The van der Waals surface area contributed by atoms with Crippen LogP contribution in [0.1, 0.15) is 55.7 Å². The number of nitrogens with one attached hydrogen (secondary N) is 1. The van der Waals surface area contributed by atoms with Crippen LogP contribution in [0.5, 0.6) is 0 Å². The summed E-state index contributed by atoms with van der Waals surface area (Å²) < 4.78 is 6.73. The number of aromatic nitrogens is 3. The molecule has 20 heavy (non-hydrogen) atoms. The van der Waals surface area contributed by atoms with Crippen molar-refractivity contribution in [2.24, 2.45) is 0 Å². The van der Waals surface area contributed by atoms with Crippen molar-refractivity contribution in [3.63, 3.8) is 0 Å².